The lowest BCUT2D eigenvalue weighted by molar-refractivity contribution is 1.46. The summed E-state index contributed by atoms with van der Waals surface area (Å²) in [4.78, 5) is 0.419. The van der Waals surface area contributed by atoms with Crippen molar-refractivity contribution in [3.63, 3.8) is 0 Å². The number of halogens is 5. The lowest BCUT2D eigenvalue weighted by atomic mass is 10.3. The maximum Gasteiger partial charge on any atom is 0.0809 e. The van der Waals surface area contributed by atoms with Gasteiger partial charge in [-0.15, -0.1) is 0 Å². The van der Waals surface area contributed by atoms with E-state index in [0.29, 0.717) is 4.90 Å². The summed E-state index contributed by atoms with van der Waals surface area (Å²) in [6, 6.07) is 0. The molecule has 0 atom stereocenters. The van der Waals surface area contributed by atoms with Crippen LogP contribution in [0.5, 0.6) is 0 Å². The highest BCUT2D eigenvalue weighted by molar-refractivity contribution is 7.97. The van der Waals surface area contributed by atoms with E-state index in [1.807, 2.05) is 0 Å². The molecule has 1 aromatic carbocycles. The predicted octanol–water partition coefficient (Wildman–Crippen LogP) is 4.92. The molecular weight excluding hydrogens is 295 g/mol. The maximum atomic E-state index is 5.82. The lowest BCUT2D eigenvalue weighted by Crippen LogP contribution is -1.87. The molecule has 7 heteroatoms. The van der Waals surface area contributed by atoms with Crippen LogP contribution < -0.4 is 5.14 Å². The molecule has 1 nitrogen and oxygen atoms in total. The molecule has 0 saturated heterocycles. The fourth-order valence-electron chi connectivity index (χ4n) is 0.688. The third-order valence-electron chi connectivity index (χ3n) is 1.29. The Kier molecular flexibility index (Phi) is 4.33. The van der Waals surface area contributed by atoms with Crippen LogP contribution in [0.1, 0.15) is 0 Å². The average Bonchev–Trinajstić information content (AvgIpc) is 2.13. The fourth-order valence-corrected chi connectivity index (χ4v) is 2.62. The van der Waals surface area contributed by atoms with Crippen molar-refractivity contribution in [2.45, 2.75) is 4.90 Å². The van der Waals surface area contributed by atoms with Gasteiger partial charge in [-0.1, -0.05) is 58.0 Å². The second-order valence-corrected chi connectivity index (χ2v) is 4.55. The van der Waals surface area contributed by atoms with Gasteiger partial charge in [0.1, 0.15) is 0 Å². The Morgan fingerprint density at radius 2 is 1.00 bits per heavy atom. The van der Waals surface area contributed by atoms with Crippen LogP contribution in [-0.4, -0.2) is 0 Å². The van der Waals surface area contributed by atoms with Crippen LogP contribution in [0.2, 0.25) is 25.1 Å². The van der Waals surface area contributed by atoms with Gasteiger partial charge < -0.3 is 0 Å². The Labute approximate surface area is 105 Å². The van der Waals surface area contributed by atoms with E-state index in [9.17, 15) is 0 Å². The van der Waals surface area contributed by atoms with E-state index in [-0.39, 0.29) is 25.1 Å². The molecule has 0 spiro atoms. The number of hydrogen-bond acceptors (Lipinski definition) is 2. The number of hydrogen-bond donors (Lipinski definition) is 1. The van der Waals surface area contributed by atoms with Gasteiger partial charge in [0.15, 0.2) is 0 Å². The minimum absolute atomic E-state index is 0.135. The standard InChI is InChI=1S/C6H2Cl5NS/c7-1-2(8)4(10)6(13-12)5(11)3(1)9/h12H2. The van der Waals surface area contributed by atoms with E-state index in [1.54, 1.807) is 0 Å². The third kappa shape index (κ3) is 2.15. The summed E-state index contributed by atoms with van der Waals surface area (Å²) in [5.74, 6) is 0. The van der Waals surface area contributed by atoms with Crippen molar-refractivity contribution in [3.8, 4) is 0 Å². The predicted molar refractivity (Wildman–Crippen MR) is 61.5 cm³/mol. The molecule has 0 radical (unpaired) electrons. The summed E-state index contributed by atoms with van der Waals surface area (Å²) >= 11 is 29.8. The van der Waals surface area contributed by atoms with Crippen LogP contribution in [0.4, 0.5) is 0 Å². The largest absolute Gasteiger partial charge is 0.274 e. The molecule has 0 aliphatic rings. The second kappa shape index (κ2) is 4.67. The van der Waals surface area contributed by atoms with Gasteiger partial charge in [-0.25, -0.2) is 0 Å². The minimum Gasteiger partial charge on any atom is -0.274 e. The molecule has 0 aliphatic heterocycles. The zero-order valence-corrected chi connectivity index (χ0v) is 10.5. The molecule has 0 amide bonds. The molecule has 0 bridgehead atoms. The van der Waals surface area contributed by atoms with Crippen molar-refractivity contribution < 1.29 is 0 Å². The molecule has 0 aromatic heterocycles. The molecular formula is C6H2Cl5NS. The normalized spacial score (nSPS) is 10.6. The van der Waals surface area contributed by atoms with Crippen molar-refractivity contribution in [2.75, 3.05) is 0 Å². The quantitative estimate of drug-likeness (QED) is 0.452. The first-order chi connectivity index (χ1) is 6.00. The molecule has 0 fully saturated rings. The van der Waals surface area contributed by atoms with Gasteiger partial charge in [-0.3, -0.25) is 5.14 Å². The zero-order valence-electron chi connectivity index (χ0n) is 5.88. The Morgan fingerprint density at radius 1 is 0.692 bits per heavy atom. The first kappa shape index (κ1) is 12.1. The van der Waals surface area contributed by atoms with Crippen molar-refractivity contribution in [3.05, 3.63) is 25.1 Å². The number of rotatable bonds is 1. The van der Waals surface area contributed by atoms with E-state index in [2.05, 4.69) is 0 Å². The van der Waals surface area contributed by atoms with E-state index in [4.69, 9.17) is 63.1 Å². The fraction of sp³-hybridized carbons (Fsp3) is 0. The Bertz CT molecular complexity index is 324. The molecule has 13 heavy (non-hydrogen) atoms. The van der Waals surface area contributed by atoms with Crippen molar-refractivity contribution in [1.82, 2.24) is 0 Å². The van der Waals surface area contributed by atoms with Crippen LogP contribution in [0.3, 0.4) is 0 Å². The molecule has 1 rings (SSSR count). The molecule has 0 saturated carbocycles. The number of benzene rings is 1. The first-order valence-corrected chi connectivity index (χ1v) is 5.65. The van der Waals surface area contributed by atoms with Gasteiger partial charge in [-0.05, 0) is 11.9 Å². The molecule has 0 aliphatic carbocycles. The summed E-state index contributed by atoms with van der Waals surface area (Å²) in [6.45, 7) is 0. The van der Waals surface area contributed by atoms with Crippen LogP contribution in [0.15, 0.2) is 4.90 Å². The molecule has 2 N–H and O–H groups in total. The maximum absolute atomic E-state index is 5.82. The highest BCUT2D eigenvalue weighted by Crippen LogP contribution is 2.46. The third-order valence-corrected chi connectivity index (χ3v) is 4.43. The summed E-state index contributed by atoms with van der Waals surface area (Å²) in [5.41, 5.74) is 0. The summed E-state index contributed by atoms with van der Waals surface area (Å²) in [6.07, 6.45) is 0. The average molecular weight is 297 g/mol. The Balaban J connectivity index is 3.56. The minimum atomic E-state index is 0.135. The van der Waals surface area contributed by atoms with E-state index in [1.165, 1.54) is 0 Å². The summed E-state index contributed by atoms with van der Waals surface area (Å²) in [5, 5.41) is 6.21. The Morgan fingerprint density at radius 3 is 1.31 bits per heavy atom. The van der Waals surface area contributed by atoms with Gasteiger partial charge in [0.05, 0.1) is 30.0 Å². The zero-order chi connectivity index (χ0) is 10.2. The highest BCUT2D eigenvalue weighted by Gasteiger charge is 2.18. The van der Waals surface area contributed by atoms with Gasteiger partial charge in [-0.2, -0.15) is 0 Å². The number of nitrogens with two attached hydrogens (primary N) is 1. The summed E-state index contributed by atoms with van der Waals surface area (Å²) in [7, 11) is 0. The molecule has 72 valence electrons. The van der Waals surface area contributed by atoms with Crippen molar-refractivity contribution >= 4 is 70.0 Å². The SMILES string of the molecule is NSc1c(Cl)c(Cl)c(Cl)c(Cl)c1Cl. The van der Waals surface area contributed by atoms with Crippen LogP contribution in [-0.2, 0) is 0 Å². The van der Waals surface area contributed by atoms with Gasteiger partial charge in [0.25, 0.3) is 0 Å². The second-order valence-electron chi connectivity index (χ2n) is 2.02. The van der Waals surface area contributed by atoms with Gasteiger partial charge >= 0.3 is 0 Å². The lowest BCUT2D eigenvalue weighted by Gasteiger charge is -2.09. The van der Waals surface area contributed by atoms with Gasteiger partial charge in [0.2, 0.25) is 0 Å². The Hall–Kier alpha value is 0.980. The van der Waals surface area contributed by atoms with E-state index >= 15 is 0 Å². The molecule has 1 aromatic rings. The first-order valence-electron chi connectivity index (χ1n) is 2.88. The molecule has 0 unspecified atom stereocenters. The smallest absolute Gasteiger partial charge is 0.0809 e. The highest BCUT2D eigenvalue weighted by atomic mass is 35.5. The summed E-state index contributed by atoms with van der Waals surface area (Å²) < 4.78 is 0. The monoisotopic (exact) mass is 295 g/mol. The van der Waals surface area contributed by atoms with Crippen LogP contribution >= 0.6 is 70.0 Å². The van der Waals surface area contributed by atoms with Gasteiger partial charge in [0, 0.05) is 0 Å². The van der Waals surface area contributed by atoms with Crippen LogP contribution in [0.25, 0.3) is 0 Å². The van der Waals surface area contributed by atoms with Crippen molar-refractivity contribution in [2.24, 2.45) is 5.14 Å². The topological polar surface area (TPSA) is 26.0 Å². The van der Waals surface area contributed by atoms with E-state index < -0.39 is 0 Å². The van der Waals surface area contributed by atoms with Crippen LogP contribution in [0, 0.1) is 0 Å². The van der Waals surface area contributed by atoms with E-state index in [0.717, 1.165) is 11.9 Å². The molecule has 0 heterocycles. The van der Waals surface area contributed by atoms with Crippen molar-refractivity contribution in [1.29, 1.82) is 0 Å².